The summed E-state index contributed by atoms with van der Waals surface area (Å²) in [5.74, 6) is 0. The van der Waals surface area contributed by atoms with Crippen molar-refractivity contribution >= 4 is 0 Å². The van der Waals surface area contributed by atoms with E-state index in [0.29, 0.717) is 6.67 Å². The van der Waals surface area contributed by atoms with Crippen LogP contribution in [-0.4, -0.2) is 0 Å². The first-order valence-corrected chi connectivity index (χ1v) is 1.70. The van der Waals surface area contributed by atoms with Gasteiger partial charge in [-0.05, 0) is 6.42 Å². The van der Waals surface area contributed by atoms with E-state index < -0.39 is 0 Å². The number of nitriles is 1. The van der Waals surface area contributed by atoms with Gasteiger partial charge in [0.1, 0.15) is 6.67 Å². The van der Waals surface area contributed by atoms with Crippen molar-refractivity contribution in [2.24, 2.45) is 0 Å². The van der Waals surface area contributed by atoms with Crippen LogP contribution < -0.4 is 0 Å². The normalized spacial score (nSPS) is 7.33. The second kappa shape index (κ2) is 4.42. The molecule has 1 radical (unpaired) electrons. The zero-order valence-electron chi connectivity index (χ0n) is 3.32. The number of hydrogen-bond acceptors (Lipinski definition) is 1. The molecule has 0 saturated carbocycles. The van der Waals surface area contributed by atoms with Crippen LogP contribution >= 0.6 is 0 Å². The van der Waals surface area contributed by atoms with Gasteiger partial charge >= 0.3 is 0 Å². The molecule has 0 aliphatic carbocycles. The number of hydrogen-bond donors (Lipinski definition) is 0. The van der Waals surface area contributed by atoms with Crippen LogP contribution in [0, 0.1) is 18.0 Å². The lowest BCUT2D eigenvalue weighted by molar-refractivity contribution is 0.580. The van der Waals surface area contributed by atoms with Crippen LogP contribution in [0.4, 0.5) is 4.39 Å². The number of unbranched alkanes of at least 4 members (excludes halogenated alkanes) is 1. The smallest absolute Gasteiger partial charge is 0.132 e. The Morgan fingerprint density at radius 3 is 2.67 bits per heavy atom. The summed E-state index contributed by atoms with van der Waals surface area (Å²) in [5, 5.41) is 7.76. The Morgan fingerprint density at radius 1 is 1.83 bits per heavy atom. The molecule has 0 saturated heterocycles. The van der Waals surface area contributed by atoms with Crippen molar-refractivity contribution < 1.29 is 4.39 Å². The zero-order chi connectivity index (χ0) is 4.83. The van der Waals surface area contributed by atoms with E-state index in [1.54, 1.807) is 6.07 Å². The molecule has 0 atom stereocenters. The summed E-state index contributed by atoms with van der Waals surface area (Å²) in [6.45, 7) is 0.489. The van der Waals surface area contributed by atoms with Gasteiger partial charge in [0.2, 0.25) is 0 Å². The fourth-order valence-corrected chi connectivity index (χ4v) is 0.119. The fourth-order valence-electron chi connectivity index (χ4n) is 0.119. The molecule has 0 aromatic rings. The van der Waals surface area contributed by atoms with Gasteiger partial charge < -0.3 is 0 Å². The summed E-state index contributed by atoms with van der Waals surface area (Å²) in [6, 6.07) is 1.80. The van der Waals surface area contributed by atoms with E-state index in [1.807, 2.05) is 0 Å². The van der Waals surface area contributed by atoms with Crippen LogP contribution in [0.3, 0.4) is 0 Å². The number of halogens is 1. The third-order valence-electron chi connectivity index (χ3n) is 0.365. The number of nitrogens with zero attached hydrogens (tertiary/aromatic N) is 1. The van der Waals surface area contributed by atoms with Gasteiger partial charge in [-0.25, -0.2) is 4.39 Å². The quantitative estimate of drug-likeness (QED) is 0.466. The zero-order valence-corrected chi connectivity index (χ0v) is 3.32. The highest BCUT2D eigenvalue weighted by Gasteiger charge is 1.78. The molecule has 33 valence electrons. The monoisotopic (exact) mass is 86.0 g/mol. The summed E-state index contributed by atoms with van der Waals surface area (Å²) in [4.78, 5) is 0. The molecule has 1 nitrogen and oxygen atoms in total. The molecule has 0 N–H and O–H groups in total. The first kappa shape index (κ1) is 5.42. The lowest BCUT2D eigenvalue weighted by Crippen LogP contribution is -1.62. The fraction of sp³-hybridized carbons (Fsp3) is 0.500. The van der Waals surface area contributed by atoms with Gasteiger partial charge in [-0.1, -0.05) is 0 Å². The van der Waals surface area contributed by atoms with Crippen molar-refractivity contribution in [1.29, 1.82) is 5.26 Å². The van der Waals surface area contributed by atoms with Crippen LogP contribution in [0.1, 0.15) is 12.8 Å². The molecule has 6 heavy (non-hydrogen) atoms. The molecule has 0 fully saturated rings. The average molecular weight is 86.1 g/mol. The van der Waals surface area contributed by atoms with Gasteiger partial charge in [-0.15, -0.1) is 0 Å². The highest BCUT2D eigenvalue weighted by Crippen LogP contribution is 1.89. The molecule has 0 aliphatic rings. The third-order valence-corrected chi connectivity index (χ3v) is 0.365. The molecule has 0 aliphatic heterocycles. The van der Waals surface area contributed by atoms with Crippen LogP contribution in [0.25, 0.3) is 0 Å². The summed E-state index contributed by atoms with van der Waals surface area (Å²) >= 11 is 0. The molecule has 0 unspecified atom stereocenters. The third kappa shape index (κ3) is 3.42. The second-order valence-corrected chi connectivity index (χ2v) is 0.851. The minimum absolute atomic E-state index is 0.260. The van der Waals surface area contributed by atoms with E-state index in [4.69, 9.17) is 5.26 Å². The van der Waals surface area contributed by atoms with Gasteiger partial charge in [0.05, 0.1) is 6.07 Å². The predicted molar refractivity (Wildman–Crippen MR) is 20.3 cm³/mol. The largest absolute Gasteiger partial charge is 0.244 e. The first-order valence-electron chi connectivity index (χ1n) is 1.70. The van der Waals surface area contributed by atoms with Gasteiger partial charge in [0.25, 0.3) is 0 Å². The summed E-state index contributed by atoms with van der Waals surface area (Å²) in [5.41, 5.74) is 0. The maximum atomic E-state index is 10.9. The Bertz CT molecular complexity index is 55.1. The van der Waals surface area contributed by atoms with E-state index in [0.717, 1.165) is 0 Å². The van der Waals surface area contributed by atoms with Crippen LogP contribution in [0.2, 0.25) is 0 Å². The minimum Gasteiger partial charge on any atom is -0.244 e. The Hall–Kier alpha value is -0.580. The standard InChI is InChI=1S/C4H5FN/c5-3-1-2-4-6/h3H,1-2H2. The molecule has 0 aromatic heterocycles. The minimum atomic E-state index is 0.260. The predicted octanol–water partition coefficient (Wildman–Crippen LogP) is 1.42. The van der Waals surface area contributed by atoms with Gasteiger partial charge in [0.15, 0.2) is 0 Å². The van der Waals surface area contributed by atoms with Crippen molar-refractivity contribution in [3.8, 4) is 6.07 Å². The molecule has 0 rings (SSSR count). The van der Waals surface area contributed by atoms with E-state index >= 15 is 0 Å². The molecule has 2 heteroatoms. The van der Waals surface area contributed by atoms with E-state index in [9.17, 15) is 4.39 Å². The van der Waals surface area contributed by atoms with Crippen molar-refractivity contribution in [2.75, 3.05) is 0 Å². The molecule has 0 heterocycles. The summed E-state index contributed by atoms with van der Waals surface area (Å²) < 4.78 is 10.9. The highest BCUT2D eigenvalue weighted by atomic mass is 19.1. The highest BCUT2D eigenvalue weighted by molar-refractivity contribution is 4.70. The molecule has 0 bridgehead atoms. The van der Waals surface area contributed by atoms with Crippen molar-refractivity contribution in [3.63, 3.8) is 0 Å². The Morgan fingerprint density at radius 2 is 2.50 bits per heavy atom. The van der Waals surface area contributed by atoms with E-state index in [2.05, 4.69) is 0 Å². The summed E-state index contributed by atoms with van der Waals surface area (Å²) in [7, 11) is 0. The SMILES string of the molecule is N#CCC[CH]F. The maximum absolute atomic E-state index is 10.9. The van der Waals surface area contributed by atoms with Crippen LogP contribution in [0.5, 0.6) is 0 Å². The lowest BCUT2D eigenvalue weighted by Gasteiger charge is -1.73. The first-order chi connectivity index (χ1) is 2.91. The number of rotatable bonds is 2. The van der Waals surface area contributed by atoms with Crippen molar-refractivity contribution in [2.45, 2.75) is 12.8 Å². The summed E-state index contributed by atoms with van der Waals surface area (Å²) in [6.07, 6.45) is 0.549. The molecular formula is C4H5FN. The molecule has 0 aromatic carbocycles. The van der Waals surface area contributed by atoms with Gasteiger partial charge in [-0.2, -0.15) is 5.26 Å². The van der Waals surface area contributed by atoms with Crippen LogP contribution in [0.15, 0.2) is 0 Å². The van der Waals surface area contributed by atoms with Crippen molar-refractivity contribution in [3.05, 3.63) is 6.67 Å². The molecule has 0 amide bonds. The molecule has 0 spiro atoms. The average Bonchev–Trinajstić information content (AvgIpc) is 1.61. The maximum Gasteiger partial charge on any atom is 0.132 e. The van der Waals surface area contributed by atoms with Gasteiger partial charge in [-0.3, -0.25) is 0 Å². The Labute approximate surface area is 36.4 Å². The second-order valence-electron chi connectivity index (χ2n) is 0.851. The van der Waals surface area contributed by atoms with Gasteiger partial charge in [0, 0.05) is 6.42 Å². The lowest BCUT2D eigenvalue weighted by atomic mass is 10.4. The van der Waals surface area contributed by atoms with Crippen molar-refractivity contribution in [1.82, 2.24) is 0 Å². The Balaban J connectivity index is 2.54. The van der Waals surface area contributed by atoms with E-state index in [-0.39, 0.29) is 12.8 Å². The van der Waals surface area contributed by atoms with E-state index in [1.165, 1.54) is 0 Å². The van der Waals surface area contributed by atoms with Crippen LogP contribution in [-0.2, 0) is 0 Å². The Kier molecular flexibility index (Phi) is 3.99. The topological polar surface area (TPSA) is 23.8 Å². The molecular weight excluding hydrogens is 81.0 g/mol.